The molecule has 0 saturated carbocycles. The summed E-state index contributed by atoms with van der Waals surface area (Å²) in [4.78, 5) is 28.0. The molecule has 0 aliphatic carbocycles. The van der Waals surface area contributed by atoms with Crippen LogP contribution in [0.3, 0.4) is 0 Å². The van der Waals surface area contributed by atoms with Gasteiger partial charge in [0.25, 0.3) is 0 Å². The molecule has 2 rings (SSSR count). The van der Waals surface area contributed by atoms with Crippen LogP contribution in [0.15, 0.2) is 24.3 Å². The quantitative estimate of drug-likeness (QED) is 0.854. The van der Waals surface area contributed by atoms with E-state index in [9.17, 15) is 9.59 Å². The number of benzene rings is 1. The molecule has 1 fully saturated rings. The zero-order valence-corrected chi connectivity index (χ0v) is 13.0. The molecule has 1 atom stereocenters. The Hall–Kier alpha value is -2.04. The van der Waals surface area contributed by atoms with Crippen LogP contribution in [0.2, 0.25) is 0 Å². The van der Waals surface area contributed by atoms with Gasteiger partial charge in [-0.05, 0) is 31.2 Å². The van der Waals surface area contributed by atoms with E-state index in [1.807, 2.05) is 38.1 Å². The first-order chi connectivity index (χ1) is 9.95. The summed E-state index contributed by atoms with van der Waals surface area (Å²) in [5.41, 5.74) is 0.837. The van der Waals surface area contributed by atoms with Crippen LogP contribution in [0.1, 0.15) is 20.8 Å². The van der Waals surface area contributed by atoms with Gasteiger partial charge in [0.05, 0.1) is 7.11 Å². The zero-order valence-electron chi connectivity index (χ0n) is 13.0. The molecule has 2 amide bonds. The molecule has 114 valence electrons. The maximum atomic E-state index is 12.5. The third-order valence-electron chi connectivity index (χ3n) is 3.82. The normalized spacial score (nSPS) is 19.1. The Morgan fingerprint density at radius 2 is 1.86 bits per heavy atom. The van der Waals surface area contributed by atoms with E-state index < -0.39 is 6.04 Å². The number of ether oxygens (including phenoxy) is 1. The lowest BCUT2D eigenvalue weighted by Gasteiger charge is -2.39. The van der Waals surface area contributed by atoms with Gasteiger partial charge in [0.2, 0.25) is 11.8 Å². The SMILES string of the molecule is COc1ccc(N2CCN(C(=O)C(C)C)C(C)C2=O)cc1. The van der Waals surface area contributed by atoms with E-state index in [0.29, 0.717) is 13.1 Å². The van der Waals surface area contributed by atoms with Gasteiger partial charge in [-0.2, -0.15) is 0 Å². The first kappa shape index (κ1) is 15.4. The van der Waals surface area contributed by atoms with Crippen molar-refractivity contribution in [3.63, 3.8) is 0 Å². The average Bonchev–Trinajstić information content (AvgIpc) is 2.49. The molecule has 1 aromatic rings. The highest BCUT2D eigenvalue weighted by Crippen LogP contribution is 2.23. The van der Waals surface area contributed by atoms with Crippen molar-refractivity contribution in [2.24, 2.45) is 5.92 Å². The molecule has 0 N–H and O–H groups in total. The third kappa shape index (κ3) is 3.01. The molecule has 1 heterocycles. The Bertz CT molecular complexity index is 525. The molecular formula is C16H22N2O3. The van der Waals surface area contributed by atoms with Gasteiger partial charge in [-0.3, -0.25) is 9.59 Å². The summed E-state index contributed by atoms with van der Waals surface area (Å²) in [7, 11) is 1.61. The lowest BCUT2D eigenvalue weighted by molar-refractivity contribution is -0.143. The van der Waals surface area contributed by atoms with Crippen molar-refractivity contribution < 1.29 is 14.3 Å². The molecule has 1 aliphatic heterocycles. The van der Waals surface area contributed by atoms with Crippen LogP contribution >= 0.6 is 0 Å². The first-order valence-corrected chi connectivity index (χ1v) is 7.21. The van der Waals surface area contributed by atoms with Gasteiger partial charge in [0, 0.05) is 24.7 Å². The Morgan fingerprint density at radius 1 is 1.24 bits per heavy atom. The first-order valence-electron chi connectivity index (χ1n) is 7.21. The van der Waals surface area contributed by atoms with Gasteiger partial charge in [-0.1, -0.05) is 13.8 Å². The summed E-state index contributed by atoms with van der Waals surface area (Å²) in [6, 6.07) is 6.97. The van der Waals surface area contributed by atoms with Crippen LogP contribution in [-0.4, -0.2) is 43.0 Å². The number of hydrogen-bond donors (Lipinski definition) is 0. The number of carbonyl (C=O) groups excluding carboxylic acids is 2. The summed E-state index contributed by atoms with van der Waals surface area (Å²) >= 11 is 0. The molecule has 0 radical (unpaired) electrons. The fourth-order valence-corrected chi connectivity index (χ4v) is 2.52. The van der Waals surface area contributed by atoms with Crippen molar-refractivity contribution in [2.45, 2.75) is 26.8 Å². The monoisotopic (exact) mass is 290 g/mol. The largest absolute Gasteiger partial charge is 0.497 e. The minimum atomic E-state index is -0.421. The Morgan fingerprint density at radius 3 is 2.38 bits per heavy atom. The van der Waals surface area contributed by atoms with Crippen LogP contribution in [0, 0.1) is 5.92 Å². The molecule has 0 spiro atoms. The molecule has 1 unspecified atom stereocenters. The van der Waals surface area contributed by atoms with Gasteiger partial charge >= 0.3 is 0 Å². The van der Waals surface area contributed by atoms with Crippen molar-refractivity contribution >= 4 is 17.5 Å². The number of amides is 2. The Labute approximate surface area is 125 Å². The van der Waals surface area contributed by atoms with Gasteiger partial charge in [-0.25, -0.2) is 0 Å². The highest BCUT2D eigenvalue weighted by atomic mass is 16.5. The zero-order chi connectivity index (χ0) is 15.6. The predicted molar refractivity (Wildman–Crippen MR) is 81.4 cm³/mol. The molecule has 1 saturated heterocycles. The van der Waals surface area contributed by atoms with Crippen LogP contribution in [0.4, 0.5) is 5.69 Å². The van der Waals surface area contributed by atoms with Crippen molar-refractivity contribution in [1.82, 2.24) is 4.90 Å². The van der Waals surface area contributed by atoms with Crippen LogP contribution in [0.25, 0.3) is 0 Å². The minimum absolute atomic E-state index is 0.0326. The highest BCUT2D eigenvalue weighted by molar-refractivity contribution is 6.00. The van der Waals surface area contributed by atoms with Crippen LogP contribution in [0.5, 0.6) is 5.75 Å². The maximum absolute atomic E-state index is 12.5. The number of hydrogen-bond acceptors (Lipinski definition) is 3. The lowest BCUT2D eigenvalue weighted by atomic mass is 10.1. The fraction of sp³-hybridized carbons (Fsp3) is 0.500. The number of carbonyl (C=O) groups is 2. The molecule has 0 bridgehead atoms. The van der Waals surface area contributed by atoms with Crippen LogP contribution < -0.4 is 9.64 Å². The smallest absolute Gasteiger partial charge is 0.249 e. The third-order valence-corrected chi connectivity index (χ3v) is 3.82. The van der Waals surface area contributed by atoms with E-state index in [0.717, 1.165) is 11.4 Å². The van der Waals surface area contributed by atoms with E-state index in [2.05, 4.69) is 0 Å². The molecule has 0 aromatic heterocycles. The highest BCUT2D eigenvalue weighted by Gasteiger charge is 2.35. The summed E-state index contributed by atoms with van der Waals surface area (Å²) in [6.07, 6.45) is 0. The van der Waals surface area contributed by atoms with Gasteiger partial charge in [0.15, 0.2) is 0 Å². The average molecular weight is 290 g/mol. The molecule has 21 heavy (non-hydrogen) atoms. The molecule has 5 nitrogen and oxygen atoms in total. The summed E-state index contributed by atoms with van der Waals surface area (Å²) < 4.78 is 5.12. The number of anilines is 1. The standard InChI is InChI=1S/C16H22N2O3/c1-11(2)15(19)17-9-10-18(16(20)12(17)3)13-5-7-14(21-4)8-6-13/h5-8,11-12H,9-10H2,1-4H3. The lowest BCUT2D eigenvalue weighted by Crippen LogP contribution is -2.58. The van der Waals surface area contributed by atoms with Gasteiger partial charge in [0.1, 0.15) is 11.8 Å². The second-order valence-electron chi connectivity index (χ2n) is 5.55. The number of methoxy groups -OCH3 is 1. The van der Waals surface area contributed by atoms with Crippen molar-refractivity contribution in [2.75, 3.05) is 25.1 Å². The number of rotatable bonds is 3. The van der Waals surface area contributed by atoms with Gasteiger partial charge < -0.3 is 14.5 Å². The van der Waals surface area contributed by atoms with Crippen molar-refractivity contribution in [3.05, 3.63) is 24.3 Å². The second-order valence-corrected chi connectivity index (χ2v) is 5.55. The van der Waals surface area contributed by atoms with E-state index in [1.165, 1.54) is 0 Å². The summed E-state index contributed by atoms with van der Waals surface area (Å²) in [6.45, 7) is 6.59. The van der Waals surface area contributed by atoms with E-state index >= 15 is 0 Å². The topological polar surface area (TPSA) is 49.9 Å². The van der Waals surface area contributed by atoms with Crippen molar-refractivity contribution in [3.8, 4) is 5.75 Å². The molecule has 5 heteroatoms. The van der Waals surface area contributed by atoms with E-state index in [4.69, 9.17) is 4.74 Å². The Kier molecular flexibility index (Phi) is 4.50. The van der Waals surface area contributed by atoms with Crippen LogP contribution in [-0.2, 0) is 9.59 Å². The maximum Gasteiger partial charge on any atom is 0.249 e. The fourth-order valence-electron chi connectivity index (χ4n) is 2.52. The number of piperazine rings is 1. The molecule has 1 aliphatic rings. The van der Waals surface area contributed by atoms with E-state index in [1.54, 1.807) is 23.8 Å². The van der Waals surface area contributed by atoms with Crippen molar-refractivity contribution in [1.29, 1.82) is 0 Å². The summed E-state index contributed by atoms with van der Waals surface area (Å²) in [5.74, 6) is 0.659. The Balaban J connectivity index is 2.15. The summed E-state index contributed by atoms with van der Waals surface area (Å²) in [5, 5.41) is 0. The second kappa shape index (κ2) is 6.16. The van der Waals surface area contributed by atoms with E-state index in [-0.39, 0.29) is 17.7 Å². The number of nitrogens with zero attached hydrogens (tertiary/aromatic N) is 2. The van der Waals surface area contributed by atoms with Gasteiger partial charge in [-0.15, -0.1) is 0 Å². The molecule has 1 aromatic carbocycles. The minimum Gasteiger partial charge on any atom is -0.497 e. The predicted octanol–water partition coefficient (Wildman–Crippen LogP) is 1.91. The molecular weight excluding hydrogens is 268 g/mol.